The number of nitro groups is 1. The first-order chi connectivity index (χ1) is 12.6. The van der Waals surface area contributed by atoms with E-state index in [1.807, 2.05) is 66.7 Å². The monoisotopic (exact) mass is 347 g/mol. The molecule has 7 nitrogen and oxygen atoms in total. The van der Waals surface area contributed by atoms with Gasteiger partial charge in [0.2, 0.25) is 5.70 Å². The highest BCUT2D eigenvalue weighted by atomic mass is 16.6. The fourth-order valence-corrected chi connectivity index (χ4v) is 2.96. The molecule has 0 fully saturated rings. The average molecular weight is 347 g/mol. The van der Waals surface area contributed by atoms with Crippen molar-refractivity contribution in [3.63, 3.8) is 0 Å². The molecule has 0 amide bonds. The van der Waals surface area contributed by atoms with Crippen LogP contribution in [-0.2, 0) is 5.54 Å². The minimum atomic E-state index is -1.01. The number of nitrogens with two attached hydrogens (primary N) is 1. The van der Waals surface area contributed by atoms with Crippen molar-refractivity contribution in [3.8, 4) is 0 Å². The van der Waals surface area contributed by atoms with Gasteiger partial charge in [-0.3, -0.25) is 10.1 Å². The predicted octanol–water partition coefficient (Wildman–Crippen LogP) is 3.88. The molecule has 130 valence electrons. The zero-order valence-corrected chi connectivity index (χ0v) is 13.9. The van der Waals surface area contributed by atoms with Crippen molar-refractivity contribution in [3.05, 3.63) is 99.8 Å². The maximum atomic E-state index is 11.6. The maximum absolute atomic E-state index is 11.6. The molecule has 26 heavy (non-hydrogen) atoms. The van der Waals surface area contributed by atoms with Crippen molar-refractivity contribution in [2.45, 2.75) is 12.0 Å². The summed E-state index contributed by atoms with van der Waals surface area (Å²) in [4.78, 5) is 11.2. The van der Waals surface area contributed by atoms with Crippen LogP contribution < -0.4 is 5.84 Å². The standard InChI is InChI=1S/C19H17N5O2/c20-21-14-22-23-19(17-9-5-2-6-10-17)12-16(11-18(13-19)24(25)26)15-7-3-1-4-8-15/h1-12,14H,13,20H2. The molecule has 0 spiro atoms. The molecule has 1 aliphatic carbocycles. The average Bonchev–Trinajstić information content (AvgIpc) is 2.69. The number of hydrogen-bond donors (Lipinski definition) is 1. The van der Waals surface area contributed by atoms with Gasteiger partial charge in [-0.15, -0.1) is 5.11 Å². The molecular formula is C19H17N5O2. The van der Waals surface area contributed by atoms with Gasteiger partial charge in [0.15, 0.2) is 6.34 Å². The van der Waals surface area contributed by atoms with Gasteiger partial charge in [-0.2, -0.15) is 10.2 Å². The SMILES string of the molecule is NN=CN=NC1(c2ccccc2)C=C(c2ccccc2)C=C([N+](=O)[O-])C1. The molecule has 0 bridgehead atoms. The number of rotatable bonds is 5. The first kappa shape index (κ1) is 17.2. The number of hydrazone groups is 1. The summed E-state index contributed by atoms with van der Waals surface area (Å²) < 4.78 is 0. The first-order valence-corrected chi connectivity index (χ1v) is 7.97. The van der Waals surface area contributed by atoms with Crippen molar-refractivity contribution >= 4 is 11.9 Å². The molecule has 0 saturated heterocycles. The summed E-state index contributed by atoms with van der Waals surface area (Å²) in [5, 5.41) is 23.1. The molecule has 0 aromatic heterocycles. The minimum Gasteiger partial charge on any atom is -0.322 e. The fraction of sp³-hybridized carbons (Fsp3) is 0.105. The Kier molecular flexibility index (Phi) is 4.98. The molecule has 1 aliphatic rings. The topological polar surface area (TPSA) is 106 Å². The van der Waals surface area contributed by atoms with E-state index in [0.717, 1.165) is 23.0 Å². The Morgan fingerprint density at radius 3 is 2.35 bits per heavy atom. The normalized spacial score (nSPS) is 20.2. The van der Waals surface area contributed by atoms with Gasteiger partial charge in [0, 0.05) is 6.08 Å². The third kappa shape index (κ3) is 3.56. The molecule has 0 saturated carbocycles. The number of nitrogens with zero attached hydrogens (tertiary/aromatic N) is 4. The van der Waals surface area contributed by atoms with Gasteiger partial charge in [-0.05, 0) is 22.8 Å². The highest BCUT2D eigenvalue weighted by Crippen LogP contribution is 2.41. The van der Waals surface area contributed by atoms with Crippen molar-refractivity contribution in [2.24, 2.45) is 21.2 Å². The fourth-order valence-electron chi connectivity index (χ4n) is 2.96. The van der Waals surface area contributed by atoms with Crippen molar-refractivity contribution in [2.75, 3.05) is 0 Å². The number of hydrogen-bond acceptors (Lipinski definition) is 5. The van der Waals surface area contributed by atoms with E-state index in [1.165, 1.54) is 0 Å². The zero-order chi connectivity index (χ0) is 18.4. The van der Waals surface area contributed by atoms with Gasteiger partial charge in [-0.1, -0.05) is 60.7 Å². The quantitative estimate of drug-likeness (QED) is 0.221. The Morgan fingerprint density at radius 2 is 1.73 bits per heavy atom. The van der Waals surface area contributed by atoms with Gasteiger partial charge >= 0.3 is 0 Å². The molecule has 7 heteroatoms. The molecule has 0 aliphatic heterocycles. The van der Waals surface area contributed by atoms with Crippen molar-refractivity contribution in [1.82, 2.24) is 0 Å². The minimum absolute atomic E-state index is 0.0684. The Morgan fingerprint density at radius 1 is 1.08 bits per heavy atom. The smallest absolute Gasteiger partial charge is 0.250 e. The van der Waals surface area contributed by atoms with E-state index in [0.29, 0.717) is 0 Å². The lowest BCUT2D eigenvalue weighted by atomic mass is 9.80. The van der Waals surface area contributed by atoms with Gasteiger partial charge in [-0.25, -0.2) is 0 Å². The number of benzene rings is 2. The van der Waals surface area contributed by atoms with E-state index in [-0.39, 0.29) is 17.0 Å². The lowest BCUT2D eigenvalue weighted by Crippen LogP contribution is -2.26. The van der Waals surface area contributed by atoms with E-state index in [4.69, 9.17) is 5.84 Å². The molecule has 2 N–H and O–H groups in total. The van der Waals surface area contributed by atoms with Crippen LogP contribution in [-0.4, -0.2) is 11.3 Å². The summed E-state index contributed by atoms with van der Waals surface area (Å²) in [6, 6.07) is 18.8. The van der Waals surface area contributed by atoms with Crippen LogP contribution in [0, 0.1) is 10.1 Å². The third-order valence-electron chi connectivity index (χ3n) is 4.14. The Bertz CT molecular complexity index is 904. The van der Waals surface area contributed by atoms with E-state index in [1.54, 1.807) is 6.08 Å². The zero-order valence-electron chi connectivity index (χ0n) is 13.9. The van der Waals surface area contributed by atoms with E-state index >= 15 is 0 Å². The van der Waals surface area contributed by atoms with Crippen LogP contribution >= 0.6 is 0 Å². The molecule has 0 heterocycles. The summed E-state index contributed by atoms with van der Waals surface area (Å²) in [5.41, 5.74) is 1.45. The highest BCUT2D eigenvalue weighted by Gasteiger charge is 2.39. The Labute approximate surface area is 150 Å². The van der Waals surface area contributed by atoms with Crippen LogP contribution in [0.4, 0.5) is 0 Å². The summed E-state index contributed by atoms with van der Waals surface area (Å²) in [6.07, 6.45) is 4.69. The first-order valence-electron chi connectivity index (χ1n) is 7.97. The largest absolute Gasteiger partial charge is 0.322 e. The number of allylic oxidation sites excluding steroid dienone is 2. The molecular weight excluding hydrogens is 330 g/mol. The van der Waals surface area contributed by atoms with Crippen LogP contribution in [0.3, 0.4) is 0 Å². The second-order valence-corrected chi connectivity index (χ2v) is 5.81. The third-order valence-corrected chi connectivity index (χ3v) is 4.14. The van der Waals surface area contributed by atoms with E-state index < -0.39 is 5.54 Å². The van der Waals surface area contributed by atoms with E-state index in [2.05, 4.69) is 15.3 Å². The summed E-state index contributed by atoms with van der Waals surface area (Å²) >= 11 is 0. The van der Waals surface area contributed by atoms with Crippen LogP contribution in [0.2, 0.25) is 0 Å². The van der Waals surface area contributed by atoms with Crippen LogP contribution in [0.25, 0.3) is 5.57 Å². The van der Waals surface area contributed by atoms with Crippen molar-refractivity contribution in [1.29, 1.82) is 0 Å². The molecule has 1 unspecified atom stereocenters. The van der Waals surface area contributed by atoms with Crippen molar-refractivity contribution < 1.29 is 4.92 Å². The van der Waals surface area contributed by atoms with Gasteiger partial charge in [0.05, 0.1) is 11.3 Å². The lowest BCUT2D eigenvalue weighted by Gasteiger charge is -2.28. The van der Waals surface area contributed by atoms with Crippen LogP contribution in [0.15, 0.2) is 93.8 Å². The van der Waals surface area contributed by atoms with Gasteiger partial charge < -0.3 is 5.84 Å². The summed E-state index contributed by atoms with van der Waals surface area (Å²) in [7, 11) is 0. The molecule has 2 aromatic rings. The molecule has 1 atom stereocenters. The Hall–Kier alpha value is -3.61. The van der Waals surface area contributed by atoms with Gasteiger partial charge in [0.1, 0.15) is 5.54 Å². The molecule has 2 aromatic carbocycles. The summed E-state index contributed by atoms with van der Waals surface area (Å²) in [5.74, 6) is 5.10. The summed E-state index contributed by atoms with van der Waals surface area (Å²) in [6.45, 7) is 0. The van der Waals surface area contributed by atoms with Crippen LogP contribution in [0.5, 0.6) is 0 Å². The molecule has 0 radical (unpaired) electrons. The van der Waals surface area contributed by atoms with Gasteiger partial charge in [0.25, 0.3) is 0 Å². The number of azo groups is 1. The van der Waals surface area contributed by atoms with E-state index in [9.17, 15) is 10.1 Å². The predicted molar refractivity (Wildman–Crippen MR) is 99.8 cm³/mol. The van der Waals surface area contributed by atoms with Crippen LogP contribution in [0.1, 0.15) is 17.5 Å². The maximum Gasteiger partial charge on any atom is 0.250 e. The second-order valence-electron chi connectivity index (χ2n) is 5.81. The molecule has 3 rings (SSSR count). The second kappa shape index (κ2) is 7.52. The lowest BCUT2D eigenvalue weighted by molar-refractivity contribution is -0.429. The highest BCUT2D eigenvalue weighted by molar-refractivity contribution is 5.77. The Balaban J connectivity index is 2.20.